The van der Waals surface area contributed by atoms with Gasteiger partial charge in [-0.15, -0.1) is 0 Å². The summed E-state index contributed by atoms with van der Waals surface area (Å²) in [6, 6.07) is 9.73. The van der Waals surface area contributed by atoms with Crippen molar-refractivity contribution in [2.75, 3.05) is 0 Å². The molecule has 104 valence electrons. The van der Waals surface area contributed by atoms with Crippen molar-refractivity contribution in [1.82, 2.24) is 9.88 Å². The van der Waals surface area contributed by atoms with E-state index in [-0.39, 0.29) is 11.9 Å². The quantitative estimate of drug-likeness (QED) is 0.783. The monoisotopic (exact) mass is 270 g/mol. The molecule has 0 aliphatic heterocycles. The minimum absolute atomic E-state index is 0.0414. The number of oxazole rings is 1. The number of nitrogens with zero attached hydrogens (tertiary/aromatic N) is 2. The summed E-state index contributed by atoms with van der Waals surface area (Å²) in [6.45, 7) is 4.30. The smallest absolute Gasteiger partial charge is 0.247 e. The molecule has 1 amide bonds. The summed E-state index contributed by atoms with van der Waals surface area (Å²) in [5.74, 6) is 0.638. The molecule has 2 aromatic rings. The van der Waals surface area contributed by atoms with E-state index in [1.165, 1.54) is 6.39 Å². The normalized spacial score (nSPS) is 12.5. The highest BCUT2D eigenvalue weighted by molar-refractivity contribution is 5.87. The Labute approximate surface area is 118 Å². The van der Waals surface area contributed by atoms with Crippen LogP contribution in [0, 0.1) is 0 Å². The summed E-state index contributed by atoms with van der Waals surface area (Å²) in [5, 5.41) is 0. The number of hydrogen-bond acceptors (Lipinski definition) is 3. The highest BCUT2D eigenvalue weighted by Crippen LogP contribution is 2.22. The molecular formula is C16H18N2O2. The van der Waals surface area contributed by atoms with Gasteiger partial charge >= 0.3 is 0 Å². The van der Waals surface area contributed by atoms with Gasteiger partial charge in [0, 0.05) is 6.54 Å². The lowest BCUT2D eigenvalue weighted by Gasteiger charge is -2.26. The van der Waals surface area contributed by atoms with Gasteiger partial charge in [0.15, 0.2) is 6.39 Å². The summed E-state index contributed by atoms with van der Waals surface area (Å²) in [5.41, 5.74) is 1.08. The Morgan fingerprint density at radius 1 is 1.40 bits per heavy atom. The number of hydrogen-bond donors (Lipinski definition) is 0. The lowest BCUT2D eigenvalue weighted by molar-refractivity contribution is -0.129. The second-order valence-electron chi connectivity index (χ2n) is 4.53. The van der Waals surface area contributed by atoms with Crippen LogP contribution < -0.4 is 0 Å². The number of carbonyl (C=O) groups excluding carboxylic acids is 1. The zero-order chi connectivity index (χ0) is 14.4. The molecule has 0 bridgehead atoms. The van der Waals surface area contributed by atoms with Crippen molar-refractivity contribution < 1.29 is 9.21 Å². The molecule has 0 N–H and O–H groups in total. The maximum atomic E-state index is 12.3. The molecule has 4 nitrogen and oxygen atoms in total. The van der Waals surface area contributed by atoms with E-state index < -0.39 is 0 Å². The second-order valence-corrected chi connectivity index (χ2v) is 4.53. The van der Waals surface area contributed by atoms with E-state index >= 15 is 0 Å². The van der Waals surface area contributed by atoms with Gasteiger partial charge in [-0.3, -0.25) is 4.79 Å². The van der Waals surface area contributed by atoms with Crippen molar-refractivity contribution in [3.63, 3.8) is 0 Å². The molecule has 2 rings (SSSR count). The van der Waals surface area contributed by atoms with Crippen molar-refractivity contribution in [3.8, 4) is 0 Å². The minimum atomic E-state index is -0.165. The van der Waals surface area contributed by atoms with Crippen molar-refractivity contribution >= 4 is 5.91 Å². The van der Waals surface area contributed by atoms with E-state index in [4.69, 9.17) is 4.42 Å². The number of rotatable bonds is 5. The van der Waals surface area contributed by atoms with Gasteiger partial charge in [0.1, 0.15) is 5.76 Å². The topological polar surface area (TPSA) is 46.3 Å². The van der Waals surface area contributed by atoms with Crippen LogP contribution in [0.5, 0.6) is 0 Å². The van der Waals surface area contributed by atoms with E-state index in [1.807, 2.05) is 44.2 Å². The minimum Gasteiger partial charge on any atom is -0.446 e. The molecule has 0 saturated heterocycles. The van der Waals surface area contributed by atoms with Crippen molar-refractivity contribution in [1.29, 1.82) is 0 Å². The Balaban J connectivity index is 2.23. The molecule has 1 atom stereocenters. The fourth-order valence-electron chi connectivity index (χ4n) is 2.01. The van der Waals surface area contributed by atoms with Crippen molar-refractivity contribution in [2.45, 2.75) is 26.4 Å². The van der Waals surface area contributed by atoms with Crippen LogP contribution >= 0.6 is 0 Å². The third-order valence-electron chi connectivity index (χ3n) is 3.12. The Kier molecular flexibility index (Phi) is 4.71. The molecule has 0 aliphatic rings. The fourth-order valence-corrected chi connectivity index (χ4v) is 2.01. The van der Waals surface area contributed by atoms with E-state index in [0.717, 1.165) is 5.56 Å². The van der Waals surface area contributed by atoms with Crippen molar-refractivity contribution in [2.24, 2.45) is 0 Å². The highest BCUT2D eigenvalue weighted by atomic mass is 16.3. The largest absolute Gasteiger partial charge is 0.446 e. The zero-order valence-corrected chi connectivity index (χ0v) is 11.7. The van der Waals surface area contributed by atoms with Gasteiger partial charge in [-0.05, 0) is 25.5 Å². The van der Waals surface area contributed by atoms with E-state index in [0.29, 0.717) is 12.3 Å². The van der Waals surface area contributed by atoms with E-state index in [9.17, 15) is 4.79 Å². The second kappa shape index (κ2) is 6.70. The van der Waals surface area contributed by atoms with Crippen LogP contribution in [0.25, 0.3) is 0 Å². The number of allylic oxidation sites excluding steroid dienone is 1. The molecule has 0 radical (unpaired) electrons. The van der Waals surface area contributed by atoms with Crippen LogP contribution in [-0.4, -0.2) is 15.8 Å². The van der Waals surface area contributed by atoms with Crippen LogP contribution in [0.1, 0.15) is 31.2 Å². The molecule has 1 aromatic heterocycles. The van der Waals surface area contributed by atoms with Gasteiger partial charge < -0.3 is 9.32 Å². The van der Waals surface area contributed by atoms with Gasteiger partial charge in [-0.2, -0.15) is 0 Å². The first-order valence-corrected chi connectivity index (χ1v) is 6.58. The van der Waals surface area contributed by atoms with Crippen LogP contribution in [-0.2, 0) is 11.3 Å². The van der Waals surface area contributed by atoms with Crippen LogP contribution in [0.2, 0.25) is 0 Å². The van der Waals surface area contributed by atoms with Gasteiger partial charge in [0.25, 0.3) is 0 Å². The lowest BCUT2D eigenvalue weighted by Crippen LogP contribution is -2.31. The molecule has 1 heterocycles. The maximum absolute atomic E-state index is 12.3. The summed E-state index contributed by atoms with van der Waals surface area (Å²) in [4.78, 5) is 17.9. The first-order chi connectivity index (χ1) is 9.72. The third kappa shape index (κ3) is 3.35. The Morgan fingerprint density at radius 3 is 2.75 bits per heavy atom. The maximum Gasteiger partial charge on any atom is 0.247 e. The van der Waals surface area contributed by atoms with Gasteiger partial charge in [0.2, 0.25) is 5.91 Å². The average molecular weight is 270 g/mol. The standard InChI is InChI=1S/C16H18N2O2/c1-3-7-16(19)18(11-14-8-5-4-6-9-14)13(2)15-10-17-12-20-15/h3-10,12-13H,11H2,1-2H3/b7-3+/t13-/m0/s1. The zero-order valence-electron chi connectivity index (χ0n) is 11.7. The van der Waals surface area contributed by atoms with Gasteiger partial charge in [-0.1, -0.05) is 36.4 Å². The van der Waals surface area contributed by atoms with Crippen LogP contribution in [0.15, 0.2) is 59.5 Å². The molecule has 4 heteroatoms. The first-order valence-electron chi connectivity index (χ1n) is 6.58. The number of amides is 1. The van der Waals surface area contributed by atoms with E-state index in [1.54, 1.807) is 23.2 Å². The number of aromatic nitrogens is 1. The van der Waals surface area contributed by atoms with Crippen LogP contribution in [0.3, 0.4) is 0 Å². The Hall–Kier alpha value is -2.36. The summed E-state index contributed by atoms with van der Waals surface area (Å²) in [7, 11) is 0. The first kappa shape index (κ1) is 14.1. The predicted octanol–water partition coefficient (Wildman–Crippen LogP) is 3.34. The molecule has 0 aliphatic carbocycles. The molecule has 1 aromatic carbocycles. The predicted molar refractivity (Wildman–Crippen MR) is 76.7 cm³/mol. The molecule has 0 fully saturated rings. The highest BCUT2D eigenvalue weighted by Gasteiger charge is 2.22. The van der Waals surface area contributed by atoms with E-state index in [2.05, 4.69) is 4.98 Å². The third-order valence-corrected chi connectivity index (χ3v) is 3.12. The van der Waals surface area contributed by atoms with Gasteiger partial charge in [0.05, 0.1) is 12.2 Å². The summed E-state index contributed by atoms with van der Waals surface area (Å²) >= 11 is 0. The summed E-state index contributed by atoms with van der Waals surface area (Å²) < 4.78 is 5.31. The SMILES string of the molecule is C/C=C/C(=O)N(Cc1ccccc1)[C@@H](C)c1cnco1. The molecule has 0 unspecified atom stereocenters. The average Bonchev–Trinajstić information content (AvgIpc) is 2.99. The van der Waals surface area contributed by atoms with Crippen molar-refractivity contribution in [3.05, 3.63) is 66.4 Å². The lowest BCUT2D eigenvalue weighted by atomic mass is 10.1. The fraction of sp³-hybridized carbons (Fsp3) is 0.250. The molecule has 20 heavy (non-hydrogen) atoms. The molecular weight excluding hydrogens is 252 g/mol. The Bertz CT molecular complexity index is 561. The molecule has 0 spiro atoms. The Morgan fingerprint density at radius 2 is 2.15 bits per heavy atom. The summed E-state index contributed by atoms with van der Waals surface area (Å²) in [6.07, 6.45) is 6.33. The number of carbonyl (C=O) groups is 1. The van der Waals surface area contributed by atoms with Gasteiger partial charge in [-0.25, -0.2) is 4.98 Å². The number of benzene rings is 1. The van der Waals surface area contributed by atoms with Crippen LogP contribution in [0.4, 0.5) is 0 Å². The molecule has 0 saturated carbocycles.